The van der Waals surface area contributed by atoms with E-state index in [0.717, 1.165) is 4.90 Å². The number of carbonyl (C=O) groups is 4. The van der Waals surface area contributed by atoms with E-state index >= 15 is 0 Å². The van der Waals surface area contributed by atoms with Crippen LogP contribution in [0.1, 0.15) is 58.2 Å². The molecule has 1 aliphatic rings. The Bertz CT molecular complexity index is 1210. The first kappa shape index (κ1) is 28.2. The minimum absolute atomic E-state index is 0.0241. The van der Waals surface area contributed by atoms with E-state index in [9.17, 15) is 29.4 Å². The number of carbonyl (C=O) groups excluding carboxylic acids is 2. The number of pyridine rings is 1. The van der Waals surface area contributed by atoms with E-state index < -0.39 is 41.9 Å². The zero-order chi connectivity index (χ0) is 28.0. The van der Waals surface area contributed by atoms with Crippen molar-refractivity contribution >= 4 is 35.6 Å². The number of ether oxygens (including phenoxy) is 2. The summed E-state index contributed by atoms with van der Waals surface area (Å²) in [6.07, 6.45) is 0.00997. The second-order valence-electron chi connectivity index (χ2n) is 9.81. The number of aliphatic carboxylic acids is 1. The minimum atomic E-state index is -1.45. The number of carboxylic acids is 1. The van der Waals surface area contributed by atoms with Crippen LogP contribution < -0.4 is 15.5 Å². The van der Waals surface area contributed by atoms with Gasteiger partial charge in [-0.05, 0) is 63.4 Å². The molecule has 12 heteroatoms. The number of hydrogen-bond donors (Lipinski definition) is 4. The molecule has 2 aromatic rings. The molecule has 204 valence electrons. The van der Waals surface area contributed by atoms with Crippen LogP contribution in [0.3, 0.4) is 0 Å². The second kappa shape index (κ2) is 11.8. The SMILES string of the molecule is COC(=O)Nc1ccc2c(c1)N(C(=O)O)[C@@H](C(=O)O)CCCC[C@H](NC(=O)OC(C)(C)C)c1cc-2ccn1. The summed E-state index contributed by atoms with van der Waals surface area (Å²) in [4.78, 5) is 54.3. The Morgan fingerprint density at radius 2 is 1.74 bits per heavy atom. The average Bonchev–Trinajstić information content (AvgIpc) is 2.83. The summed E-state index contributed by atoms with van der Waals surface area (Å²) in [6.45, 7) is 5.27. The fourth-order valence-corrected chi connectivity index (χ4v) is 4.23. The van der Waals surface area contributed by atoms with Gasteiger partial charge in [-0.2, -0.15) is 0 Å². The van der Waals surface area contributed by atoms with Gasteiger partial charge in [-0.15, -0.1) is 0 Å². The van der Waals surface area contributed by atoms with Crippen molar-refractivity contribution in [3.05, 3.63) is 42.2 Å². The number of anilines is 2. The van der Waals surface area contributed by atoms with Gasteiger partial charge in [0.15, 0.2) is 0 Å². The van der Waals surface area contributed by atoms with Crippen LogP contribution in [0.5, 0.6) is 0 Å². The molecule has 3 amide bonds. The number of nitrogens with one attached hydrogen (secondary N) is 2. The largest absolute Gasteiger partial charge is 0.480 e. The zero-order valence-corrected chi connectivity index (χ0v) is 21.7. The molecule has 0 saturated heterocycles. The number of methoxy groups -OCH3 is 1. The monoisotopic (exact) mass is 528 g/mol. The molecule has 2 atom stereocenters. The quantitative estimate of drug-likeness (QED) is 0.428. The number of benzene rings is 1. The molecule has 0 radical (unpaired) electrons. The van der Waals surface area contributed by atoms with Gasteiger partial charge in [-0.1, -0.05) is 18.9 Å². The first-order valence-electron chi connectivity index (χ1n) is 12.1. The highest BCUT2D eigenvalue weighted by molar-refractivity contribution is 6.00. The molecular formula is C26H32N4O8. The lowest BCUT2D eigenvalue weighted by molar-refractivity contribution is -0.138. The molecule has 38 heavy (non-hydrogen) atoms. The van der Waals surface area contributed by atoms with E-state index in [-0.39, 0.29) is 17.8 Å². The fraction of sp³-hybridized carbons (Fsp3) is 0.423. The molecular weight excluding hydrogens is 496 g/mol. The number of rotatable bonds is 3. The molecule has 0 aliphatic carbocycles. The Balaban J connectivity index is 2.16. The maximum Gasteiger partial charge on any atom is 0.412 e. The smallest absolute Gasteiger partial charge is 0.412 e. The highest BCUT2D eigenvalue weighted by Crippen LogP contribution is 2.37. The molecule has 0 unspecified atom stereocenters. The lowest BCUT2D eigenvalue weighted by atomic mass is 9.95. The van der Waals surface area contributed by atoms with Gasteiger partial charge in [0.25, 0.3) is 0 Å². The average molecular weight is 529 g/mol. The topological polar surface area (TPSA) is 167 Å². The van der Waals surface area contributed by atoms with Crippen LogP contribution in [0.25, 0.3) is 11.1 Å². The van der Waals surface area contributed by atoms with Crippen molar-refractivity contribution in [2.24, 2.45) is 0 Å². The van der Waals surface area contributed by atoms with Crippen LogP contribution in [0, 0.1) is 0 Å². The van der Waals surface area contributed by atoms with Gasteiger partial charge in [-0.25, -0.2) is 19.2 Å². The first-order chi connectivity index (χ1) is 17.9. The number of nitrogens with zero attached hydrogens (tertiary/aromatic N) is 2. The number of carboxylic acid groups (broad SMARTS) is 2. The van der Waals surface area contributed by atoms with Crippen molar-refractivity contribution in [3.8, 4) is 11.1 Å². The summed E-state index contributed by atoms with van der Waals surface area (Å²) in [5.74, 6) is -1.31. The summed E-state index contributed by atoms with van der Waals surface area (Å²) >= 11 is 0. The third-order valence-corrected chi connectivity index (χ3v) is 5.85. The van der Waals surface area contributed by atoms with Crippen molar-refractivity contribution in [2.75, 3.05) is 17.3 Å². The summed E-state index contributed by atoms with van der Waals surface area (Å²) in [5.41, 5.74) is 1.06. The van der Waals surface area contributed by atoms with Gasteiger partial charge in [0.1, 0.15) is 11.6 Å². The summed E-state index contributed by atoms with van der Waals surface area (Å²) in [7, 11) is 1.19. The highest BCUT2D eigenvalue weighted by Gasteiger charge is 2.33. The van der Waals surface area contributed by atoms with Crippen LogP contribution in [-0.2, 0) is 14.3 Å². The van der Waals surface area contributed by atoms with Crippen molar-refractivity contribution < 1.29 is 38.9 Å². The number of alkyl carbamates (subject to hydrolysis) is 1. The highest BCUT2D eigenvalue weighted by atomic mass is 16.6. The van der Waals surface area contributed by atoms with Gasteiger partial charge in [-0.3, -0.25) is 15.2 Å². The second-order valence-corrected chi connectivity index (χ2v) is 9.81. The molecule has 3 rings (SSSR count). The standard InChI is InChI=1S/C26H32N4O8/c1-26(2,3)38-24(34)29-18-7-5-6-8-20(22(31)32)30(25(35)36)21-14-16(28-23(33)37-4)9-10-17(21)15-11-12-27-19(18)13-15/h9-14,18,20H,5-8H2,1-4H3,(H,28,33)(H,29,34)(H,31,32)(H,35,36)/t18-,20+/m0/s1. The van der Waals surface area contributed by atoms with E-state index in [1.165, 1.54) is 19.4 Å². The lowest BCUT2D eigenvalue weighted by Crippen LogP contribution is -2.45. The van der Waals surface area contributed by atoms with Crippen LogP contribution in [0.2, 0.25) is 0 Å². The maximum absolute atomic E-state index is 12.5. The Labute approximate surface area is 219 Å². The number of fused-ring (bicyclic) bond motifs is 4. The molecule has 0 saturated carbocycles. The van der Waals surface area contributed by atoms with Crippen molar-refractivity contribution in [2.45, 2.75) is 64.1 Å². The Kier molecular flexibility index (Phi) is 8.76. The van der Waals surface area contributed by atoms with Crippen molar-refractivity contribution in [1.29, 1.82) is 0 Å². The first-order valence-corrected chi connectivity index (χ1v) is 12.1. The van der Waals surface area contributed by atoms with Gasteiger partial charge < -0.3 is 25.0 Å². The van der Waals surface area contributed by atoms with Gasteiger partial charge in [0.05, 0.1) is 24.5 Å². The van der Waals surface area contributed by atoms with E-state index in [1.54, 1.807) is 45.0 Å². The van der Waals surface area contributed by atoms with Gasteiger partial charge in [0, 0.05) is 17.4 Å². The van der Waals surface area contributed by atoms with Crippen LogP contribution in [0.15, 0.2) is 36.5 Å². The Morgan fingerprint density at radius 1 is 1.03 bits per heavy atom. The van der Waals surface area contributed by atoms with E-state index in [0.29, 0.717) is 36.1 Å². The lowest BCUT2D eigenvalue weighted by Gasteiger charge is -2.30. The van der Waals surface area contributed by atoms with Crippen LogP contribution in [0.4, 0.5) is 25.8 Å². The molecule has 0 spiro atoms. The van der Waals surface area contributed by atoms with Crippen LogP contribution in [-0.4, -0.2) is 58.2 Å². The van der Waals surface area contributed by atoms with Gasteiger partial charge >= 0.3 is 24.2 Å². The molecule has 1 aliphatic heterocycles. The van der Waals surface area contributed by atoms with E-state index in [1.807, 2.05) is 0 Å². The molecule has 2 heterocycles. The third-order valence-electron chi connectivity index (χ3n) is 5.85. The molecule has 4 N–H and O–H groups in total. The summed E-state index contributed by atoms with van der Waals surface area (Å²) in [5, 5.41) is 25.4. The van der Waals surface area contributed by atoms with E-state index in [2.05, 4.69) is 20.4 Å². The number of aromatic nitrogens is 1. The maximum atomic E-state index is 12.5. The third kappa shape index (κ3) is 7.11. The molecule has 1 aromatic carbocycles. The summed E-state index contributed by atoms with van der Waals surface area (Å²) in [6, 6.07) is 5.97. The predicted molar refractivity (Wildman–Crippen MR) is 138 cm³/mol. The zero-order valence-electron chi connectivity index (χ0n) is 21.7. The number of hydrogen-bond acceptors (Lipinski definition) is 7. The number of amides is 3. The normalized spacial score (nSPS) is 17.6. The van der Waals surface area contributed by atoms with E-state index in [4.69, 9.17) is 4.74 Å². The minimum Gasteiger partial charge on any atom is -0.480 e. The van der Waals surface area contributed by atoms with Crippen LogP contribution >= 0.6 is 0 Å². The van der Waals surface area contributed by atoms with Crippen molar-refractivity contribution in [3.63, 3.8) is 0 Å². The molecule has 1 aromatic heterocycles. The predicted octanol–water partition coefficient (Wildman–Crippen LogP) is 5.00. The molecule has 12 nitrogen and oxygen atoms in total. The summed E-state index contributed by atoms with van der Waals surface area (Å²) < 4.78 is 10.0. The van der Waals surface area contributed by atoms with Crippen molar-refractivity contribution in [1.82, 2.24) is 10.3 Å². The molecule has 2 bridgehead atoms. The van der Waals surface area contributed by atoms with Gasteiger partial charge in [0.2, 0.25) is 0 Å². The fourth-order valence-electron chi connectivity index (χ4n) is 4.23. The Hall–Kier alpha value is -4.35. The Morgan fingerprint density at radius 3 is 2.37 bits per heavy atom. The molecule has 0 fully saturated rings.